The Morgan fingerprint density at radius 1 is 1.29 bits per heavy atom. The van der Waals surface area contributed by atoms with Gasteiger partial charge in [-0.1, -0.05) is 0 Å². The van der Waals surface area contributed by atoms with E-state index in [2.05, 4.69) is 5.32 Å². The minimum atomic E-state index is -3.25. The van der Waals surface area contributed by atoms with Gasteiger partial charge in [0.25, 0.3) is 0 Å². The summed E-state index contributed by atoms with van der Waals surface area (Å²) in [7, 11) is -3.25. The lowest BCUT2D eigenvalue weighted by Crippen LogP contribution is -2.54. The van der Waals surface area contributed by atoms with Crippen molar-refractivity contribution in [3.8, 4) is 0 Å². The van der Waals surface area contributed by atoms with Crippen molar-refractivity contribution in [3.63, 3.8) is 0 Å². The van der Waals surface area contributed by atoms with E-state index in [0.717, 1.165) is 19.3 Å². The van der Waals surface area contributed by atoms with Crippen LogP contribution in [0.5, 0.6) is 0 Å². The van der Waals surface area contributed by atoms with Crippen molar-refractivity contribution in [1.82, 2.24) is 10.2 Å². The van der Waals surface area contributed by atoms with Crippen molar-refractivity contribution in [3.05, 3.63) is 0 Å². The molecule has 21 heavy (non-hydrogen) atoms. The predicted octanol–water partition coefficient (Wildman–Crippen LogP) is -0.773. The van der Waals surface area contributed by atoms with E-state index in [9.17, 15) is 18.0 Å². The van der Waals surface area contributed by atoms with Gasteiger partial charge >= 0.3 is 5.97 Å². The van der Waals surface area contributed by atoms with Gasteiger partial charge in [0, 0.05) is 18.6 Å². The van der Waals surface area contributed by atoms with E-state index < -0.39 is 21.8 Å². The van der Waals surface area contributed by atoms with E-state index in [1.165, 1.54) is 4.90 Å². The Balaban J connectivity index is 1.75. The molecule has 7 nitrogen and oxygen atoms in total. The molecule has 2 bridgehead atoms. The van der Waals surface area contributed by atoms with Gasteiger partial charge in [0.05, 0.1) is 29.9 Å². The van der Waals surface area contributed by atoms with Crippen molar-refractivity contribution in [2.45, 2.75) is 43.8 Å². The van der Waals surface area contributed by atoms with E-state index >= 15 is 0 Å². The summed E-state index contributed by atoms with van der Waals surface area (Å²) in [6.07, 6.45) is 2.53. The fraction of sp³-hybridized carbons (Fsp3) is 0.846. The van der Waals surface area contributed by atoms with Crippen molar-refractivity contribution in [2.24, 2.45) is 5.92 Å². The monoisotopic (exact) mass is 316 g/mol. The molecule has 3 saturated heterocycles. The summed E-state index contributed by atoms with van der Waals surface area (Å²) in [5, 5.41) is 12.3. The first kappa shape index (κ1) is 14.8. The summed E-state index contributed by atoms with van der Waals surface area (Å²) >= 11 is 0. The molecule has 3 aliphatic rings. The zero-order valence-electron chi connectivity index (χ0n) is 11.7. The minimum absolute atomic E-state index is 0.0664. The van der Waals surface area contributed by atoms with Crippen LogP contribution in [0.3, 0.4) is 0 Å². The summed E-state index contributed by atoms with van der Waals surface area (Å²) in [4.78, 5) is 25.1. The number of nitrogens with one attached hydrogen (secondary N) is 1. The third kappa shape index (κ3) is 2.91. The van der Waals surface area contributed by atoms with Gasteiger partial charge in [0.1, 0.15) is 0 Å². The lowest BCUT2D eigenvalue weighted by molar-refractivity contribution is -0.142. The highest BCUT2D eigenvalue weighted by Crippen LogP contribution is 2.35. The second-order valence-corrected chi connectivity index (χ2v) is 8.52. The Labute approximate surface area is 123 Å². The van der Waals surface area contributed by atoms with Crippen LogP contribution in [-0.2, 0) is 19.4 Å². The first-order valence-corrected chi connectivity index (χ1v) is 9.16. The van der Waals surface area contributed by atoms with Gasteiger partial charge in [-0.2, -0.15) is 0 Å². The highest BCUT2D eigenvalue weighted by Gasteiger charge is 2.46. The molecule has 0 aromatic rings. The highest BCUT2D eigenvalue weighted by molar-refractivity contribution is 7.91. The molecule has 4 atom stereocenters. The van der Waals surface area contributed by atoms with Crippen LogP contribution in [0.15, 0.2) is 0 Å². The summed E-state index contributed by atoms with van der Waals surface area (Å²) in [6.45, 7) is 0.118. The number of hydrogen-bond acceptors (Lipinski definition) is 5. The Bertz CT molecular complexity index is 561. The van der Waals surface area contributed by atoms with Crippen molar-refractivity contribution in [2.75, 3.05) is 18.1 Å². The normalized spacial score (nSPS) is 37.6. The number of rotatable bonds is 3. The molecule has 118 valence electrons. The number of carbonyl (C=O) groups is 2. The number of carboxylic acid groups (broad SMARTS) is 1. The fourth-order valence-electron chi connectivity index (χ4n) is 3.86. The lowest BCUT2D eigenvalue weighted by Gasteiger charge is -2.37. The molecule has 4 unspecified atom stereocenters. The van der Waals surface area contributed by atoms with Crippen LogP contribution >= 0.6 is 0 Å². The Hall–Kier alpha value is -1.15. The molecule has 3 aliphatic heterocycles. The lowest BCUT2D eigenvalue weighted by atomic mass is 9.87. The molecule has 0 spiro atoms. The summed E-state index contributed by atoms with van der Waals surface area (Å²) in [5.74, 6) is -1.57. The summed E-state index contributed by atoms with van der Waals surface area (Å²) in [6, 6.07) is -0.171. The molecular weight excluding hydrogens is 296 g/mol. The maximum absolute atomic E-state index is 12.7. The quantitative estimate of drug-likeness (QED) is 0.708. The first-order chi connectivity index (χ1) is 9.85. The van der Waals surface area contributed by atoms with E-state index in [0.29, 0.717) is 6.04 Å². The van der Waals surface area contributed by atoms with Gasteiger partial charge in [-0.3, -0.25) is 9.59 Å². The highest BCUT2D eigenvalue weighted by atomic mass is 32.2. The number of hydrogen-bond donors (Lipinski definition) is 2. The molecule has 3 fully saturated rings. The molecule has 8 heteroatoms. The van der Waals surface area contributed by atoms with Crippen LogP contribution in [0.4, 0.5) is 0 Å². The van der Waals surface area contributed by atoms with Crippen LogP contribution in [0.25, 0.3) is 0 Å². The van der Waals surface area contributed by atoms with Crippen molar-refractivity contribution in [1.29, 1.82) is 0 Å². The van der Waals surface area contributed by atoms with Gasteiger partial charge in [0.2, 0.25) is 5.91 Å². The summed E-state index contributed by atoms with van der Waals surface area (Å²) < 4.78 is 23.4. The second kappa shape index (κ2) is 5.24. The minimum Gasteiger partial charge on any atom is -0.481 e. The smallest absolute Gasteiger partial charge is 0.305 e. The number of fused-ring (bicyclic) bond motifs is 2. The Morgan fingerprint density at radius 3 is 2.62 bits per heavy atom. The number of carbonyl (C=O) groups excluding carboxylic acids is 1. The zero-order valence-corrected chi connectivity index (χ0v) is 12.5. The third-order valence-electron chi connectivity index (χ3n) is 4.84. The number of amides is 1. The Kier molecular flexibility index (Phi) is 3.69. The van der Waals surface area contributed by atoms with E-state index in [1.54, 1.807) is 0 Å². The zero-order chi connectivity index (χ0) is 15.2. The Morgan fingerprint density at radius 2 is 2.05 bits per heavy atom. The molecule has 3 rings (SSSR count). The number of nitrogens with zero attached hydrogens (tertiary/aromatic N) is 1. The molecule has 2 N–H and O–H groups in total. The van der Waals surface area contributed by atoms with E-state index in [4.69, 9.17) is 5.11 Å². The van der Waals surface area contributed by atoms with Gasteiger partial charge in [-0.25, -0.2) is 8.42 Å². The fourth-order valence-corrected chi connectivity index (χ4v) is 5.38. The maximum Gasteiger partial charge on any atom is 0.305 e. The molecule has 0 radical (unpaired) electrons. The van der Waals surface area contributed by atoms with Gasteiger partial charge in [-0.05, 0) is 19.3 Å². The standard InChI is InChI=1S/C13H20N2O5S/c16-12(17)6-9-7-21(19,20)4-3-15(9)13(18)10-5-8-1-2-11(10)14-8/h8-11,14H,1-7H2,(H,16,17). The molecule has 0 aromatic carbocycles. The van der Waals surface area contributed by atoms with E-state index in [-0.39, 0.29) is 42.3 Å². The average molecular weight is 316 g/mol. The average Bonchev–Trinajstić information content (AvgIpc) is 2.98. The van der Waals surface area contributed by atoms with Crippen LogP contribution in [0.1, 0.15) is 25.7 Å². The van der Waals surface area contributed by atoms with Gasteiger partial charge < -0.3 is 15.3 Å². The largest absolute Gasteiger partial charge is 0.481 e. The molecular formula is C13H20N2O5S. The van der Waals surface area contributed by atoms with E-state index in [1.807, 2.05) is 0 Å². The topological polar surface area (TPSA) is 104 Å². The SMILES string of the molecule is O=C(O)CC1CS(=O)(=O)CCN1C(=O)C1CC2CCC1N2. The number of sulfone groups is 1. The molecule has 0 aliphatic carbocycles. The number of carboxylic acids is 1. The molecule has 1 amide bonds. The van der Waals surface area contributed by atoms with Crippen LogP contribution in [0.2, 0.25) is 0 Å². The van der Waals surface area contributed by atoms with Crippen LogP contribution in [-0.4, -0.2) is 66.5 Å². The van der Waals surface area contributed by atoms with Crippen molar-refractivity contribution < 1.29 is 23.1 Å². The molecule has 0 aromatic heterocycles. The molecule has 0 saturated carbocycles. The third-order valence-corrected chi connectivity index (χ3v) is 6.54. The maximum atomic E-state index is 12.7. The van der Waals surface area contributed by atoms with Crippen LogP contribution in [0, 0.1) is 5.92 Å². The first-order valence-electron chi connectivity index (χ1n) is 7.34. The second-order valence-electron chi connectivity index (χ2n) is 6.29. The van der Waals surface area contributed by atoms with Gasteiger partial charge in [0.15, 0.2) is 9.84 Å². The van der Waals surface area contributed by atoms with Crippen molar-refractivity contribution >= 4 is 21.7 Å². The predicted molar refractivity (Wildman–Crippen MR) is 74.5 cm³/mol. The van der Waals surface area contributed by atoms with Gasteiger partial charge in [-0.15, -0.1) is 0 Å². The summed E-state index contributed by atoms with van der Waals surface area (Å²) in [5.41, 5.74) is 0. The molecule has 3 heterocycles. The van der Waals surface area contributed by atoms with Crippen LogP contribution < -0.4 is 5.32 Å². The number of aliphatic carboxylic acids is 1.